The van der Waals surface area contributed by atoms with Crippen LogP contribution in [0, 0.1) is 0 Å². The number of hydrogen-bond acceptors (Lipinski definition) is 4. The third-order valence-corrected chi connectivity index (χ3v) is 4.37. The van der Waals surface area contributed by atoms with Gasteiger partial charge in [0.05, 0.1) is 12.7 Å². The molecule has 0 N–H and O–H groups in total. The maximum Gasteiger partial charge on any atom is 0.330 e. The lowest BCUT2D eigenvalue weighted by Crippen LogP contribution is -2.31. The number of rotatable bonds is 3. The molecular weight excluding hydrogens is 292 g/mol. The van der Waals surface area contributed by atoms with Gasteiger partial charge < -0.3 is 4.74 Å². The lowest BCUT2D eigenvalue weighted by atomic mass is 10.1. The van der Waals surface area contributed by atoms with Crippen LogP contribution in [-0.2, 0) is 11.3 Å². The maximum absolute atomic E-state index is 13.0. The van der Waals surface area contributed by atoms with Crippen LogP contribution in [0.15, 0.2) is 47.7 Å². The molecule has 1 aliphatic rings. The van der Waals surface area contributed by atoms with Crippen molar-refractivity contribution in [2.24, 2.45) is 0 Å². The minimum atomic E-state index is -0.0174. The van der Waals surface area contributed by atoms with Gasteiger partial charge >= 0.3 is 5.69 Å². The zero-order valence-corrected chi connectivity index (χ0v) is 12.8. The third kappa shape index (κ3) is 2.55. The van der Waals surface area contributed by atoms with E-state index in [1.54, 1.807) is 10.8 Å². The molecule has 0 unspecified atom stereocenters. The standard InChI is InChI=1S/C17H18N4O2/c22-17-20(11-13-4-2-1-3-5-13)15-10-18-12-19-16(15)21(17)14-6-8-23-9-7-14/h1-5,10,12,14H,6-9,11H2. The highest BCUT2D eigenvalue weighted by molar-refractivity contribution is 5.70. The molecular formula is C17H18N4O2. The van der Waals surface area contributed by atoms with E-state index in [9.17, 15) is 4.79 Å². The van der Waals surface area contributed by atoms with E-state index in [1.807, 2.05) is 34.9 Å². The van der Waals surface area contributed by atoms with Crippen LogP contribution < -0.4 is 5.69 Å². The minimum absolute atomic E-state index is 0.0174. The predicted molar refractivity (Wildman–Crippen MR) is 86.4 cm³/mol. The molecule has 6 nitrogen and oxygen atoms in total. The van der Waals surface area contributed by atoms with Crippen molar-refractivity contribution in [2.75, 3.05) is 13.2 Å². The zero-order valence-electron chi connectivity index (χ0n) is 12.8. The second kappa shape index (κ2) is 5.96. The summed E-state index contributed by atoms with van der Waals surface area (Å²) in [6.45, 7) is 1.90. The van der Waals surface area contributed by atoms with Gasteiger partial charge in [-0.05, 0) is 18.4 Å². The third-order valence-electron chi connectivity index (χ3n) is 4.37. The second-order valence-corrected chi connectivity index (χ2v) is 5.80. The normalized spacial score (nSPS) is 16.0. The smallest absolute Gasteiger partial charge is 0.330 e. The Labute approximate surface area is 133 Å². The highest BCUT2D eigenvalue weighted by Gasteiger charge is 2.23. The first kappa shape index (κ1) is 14.1. The molecule has 0 amide bonds. The lowest BCUT2D eigenvalue weighted by molar-refractivity contribution is 0.0695. The van der Waals surface area contributed by atoms with Gasteiger partial charge in [0.1, 0.15) is 11.8 Å². The van der Waals surface area contributed by atoms with Gasteiger partial charge in [-0.2, -0.15) is 0 Å². The number of aromatic nitrogens is 4. The van der Waals surface area contributed by atoms with Crippen LogP contribution in [0.25, 0.3) is 11.2 Å². The average molecular weight is 310 g/mol. The number of ether oxygens (including phenoxy) is 1. The Hall–Kier alpha value is -2.47. The monoisotopic (exact) mass is 310 g/mol. The van der Waals surface area contributed by atoms with E-state index in [-0.39, 0.29) is 11.7 Å². The van der Waals surface area contributed by atoms with Gasteiger partial charge in [-0.25, -0.2) is 14.8 Å². The van der Waals surface area contributed by atoms with Crippen molar-refractivity contribution in [3.05, 3.63) is 58.9 Å². The molecule has 1 saturated heterocycles. The van der Waals surface area contributed by atoms with E-state index in [1.165, 1.54) is 6.33 Å². The molecule has 1 aromatic carbocycles. The topological polar surface area (TPSA) is 61.9 Å². The van der Waals surface area contributed by atoms with Crippen LogP contribution in [0.1, 0.15) is 24.4 Å². The summed E-state index contributed by atoms with van der Waals surface area (Å²) < 4.78 is 9.01. The van der Waals surface area contributed by atoms with Crippen LogP contribution in [0.5, 0.6) is 0 Å². The van der Waals surface area contributed by atoms with Crippen molar-refractivity contribution in [2.45, 2.75) is 25.4 Å². The number of benzene rings is 1. The number of nitrogens with zero attached hydrogens (tertiary/aromatic N) is 4. The second-order valence-electron chi connectivity index (χ2n) is 5.80. The highest BCUT2D eigenvalue weighted by atomic mass is 16.5. The molecule has 0 bridgehead atoms. The number of imidazole rings is 1. The molecule has 23 heavy (non-hydrogen) atoms. The van der Waals surface area contributed by atoms with Crippen LogP contribution in [0.2, 0.25) is 0 Å². The Morgan fingerprint density at radius 1 is 1.17 bits per heavy atom. The first-order valence-electron chi connectivity index (χ1n) is 7.87. The number of fused-ring (bicyclic) bond motifs is 1. The molecule has 1 aliphatic heterocycles. The molecule has 3 heterocycles. The fourth-order valence-electron chi connectivity index (χ4n) is 3.21. The van der Waals surface area contributed by atoms with Crippen molar-refractivity contribution in [3.63, 3.8) is 0 Å². The molecule has 2 aromatic heterocycles. The lowest BCUT2D eigenvalue weighted by Gasteiger charge is -2.22. The molecule has 3 aromatic rings. The summed E-state index contributed by atoms with van der Waals surface area (Å²) in [6, 6.07) is 10.1. The SMILES string of the molecule is O=c1n(Cc2ccccc2)c2cncnc2n1C1CCOCC1. The summed E-state index contributed by atoms with van der Waals surface area (Å²) in [5, 5.41) is 0. The van der Waals surface area contributed by atoms with Crippen LogP contribution in [-0.4, -0.2) is 32.3 Å². The predicted octanol–water partition coefficient (Wildman–Crippen LogP) is 1.99. The molecule has 4 rings (SSSR count). The average Bonchev–Trinajstić information content (AvgIpc) is 2.89. The summed E-state index contributed by atoms with van der Waals surface area (Å²) in [4.78, 5) is 21.5. The molecule has 6 heteroatoms. The summed E-state index contributed by atoms with van der Waals surface area (Å²) in [5.74, 6) is 0. The summed E-state index contributed by atoms with van der Waals surface area (Å²) in [5.41, 5.74) is 2.57. The zero-order chi connectivity index (χ0) is 15.6. The van der Waals surface area contributed by atoms with Gasteiger partial charge in [0, 0.05) is 19.3 Å². The van der Waals surface area contributed by atoms with Crippen molar-refractivity contribution >= 4 is 11.2 Å². The summed E-state index contributed by atoms with van der Waals surface area (Å²) >= 11 is 0. The Morgan fingerprint density at radius 3 is 2.74 bits per heavy atom. The van der Waals surface area contributed by atoms with Gasteiger partial charge in [-0.3, -0.25) is 9.13 Å². The van der Waals surface area contributed by atoms with Crippen molar-refractivity contribution in [1.29, 1.82) is 0 Å². The minimum Gasteiger partial charge on any atom is -0.381 e. The quantitative estimate of drug-likeness (QED) is 0.742. The van der Waals surface area contributed by atoms with Crippen LogP contribution in [0.4, 0.5) is 0 Å². The van der Waals surface area contributed by atoms with E-state index in [4.69, 9.17) is 4.74 Å². The Balaban J connectivity index is 1.84. The fraction of sp³-hybridized carbons (Fsp3) is 0.353. The van der Waals surface area contributed by atoms with Crippen LogP contribution in [0.3, 0.4) is 0 Å². The summed E-state index contributed by atoms with van der Waals surface area (Å²) in [7, 11) is 0. The van der Waals surface area contributed by atoms with Crippen molar-refractivity contribution in [3.8, 4) is 0 Å². The molecule has 0 aliphatic carbocycles. The van der Waals surface area contributed by atoms with Gasteiger partial charge in [-0.15, -0.1) is 0 Å². The largest absolute Gasteiger partial charge is 0.381 e. The van der Waals surface area contributed by atoms with Gasteiger partial charge in [-0.1, -0.05) is 30.3 Å². The first-order chi connectivity index (χ1) is 11.3. The summed E-state index contributed by atoms with van der Waals surface area (Å²) in [6.07, 6.45) is 4.91. The molecule has 118 valence electrons. The van der Waals surface area contributed by atoms with E-state index >= 15 is 0 Å². The number of hydrogen-bond donors (Lipinski definition) is 0. The van der Waals surface area contributed by atoms with Gasteiger partial charge in [0.25, 0.3) is 0 Å². The molecule has 0 radical (unpaired) electrons. The van der Waals surface area contributed by atoms with Gasteiger partial charge in [0.15, 0.2) is 5.65 Å². The van der Waals surface area contributed by atoms with E-state index in [2.05, 4.69) is 9.97 Å². The Morgan fingerprint density at radius 2 is 1.96 bits per heavy atom. The fourth-order valence-corrected chi connectivity index (χ4v) is 3.21. The molecule has 0 spiro atoms. The van der Waals surface area contributed by atoms with E-state index in [0.29, 0.717) is 25.4 Å². The first-order valence-corrected chi connectivity index (χ1v) is 7.87. The molecule has 0 saturated carbocycles. The maximum atomic E-state index is 13.0. The van der Waals surface area contributed by atoms with Crippen molar-refractivity contribution < 1.29 is 4.74 Å². The highest BCUT2D eigenvalue weighted by Crippen LogP contribution is 2.23. The van der Waals surface area contributed by atoms with Crippen LogP contribution >= 0.6 is 0 Å². The van der Waals surface area contributed by atoms with E-state index in [0.717, 1.165) is 23.9 Å². The Bertz CT molecular complexity index is 863. The Kier molecular flexibility index (Phi) is 3.67. The molecule has 1 fully saturated rings. The van der Waals surface area contributed by atoms with Gasteiger partial charge in [0.2, 0.25) is 0 Å². The molecule has 0 atom stereocenters. The van der Waals surface area contributed by atoms with E-state index < -0.39 is 0 Å². The van der Waals surface area contributed by atoms with Crippen molar-refractivity contribution in [1.82, 2.24) is 19.1 Å².